The second-order valence-corrected chi connectivity index (χ2v) is 4.35. The van der Waals surface area contributed by atoms with Crippen LogP contribution in [0.25, 0.3) is 0 Å². The van der Waals surface area contributed by atoms with Crippen LogP contribution < -0.4 is 10.6 Å². The van der Waals surface area contributed by atoms with Crippen molar-refractivity contribution in [2.45, 2.75) is 25.3 Å². The summed E-state index contributed by atoms with van der Waals surface area (Å²) in [5.41, 5.74) is 8.76. The van der Waals surface area contributed by atoms with E-state index in [2.05, 4.69) is 35.1 Å². The minimum Gasteiger partial charge on any atom is -0.370 e. The lowest BCUT2D eigenvalue weighted by Gasteiger charge is -2.34. The highest BCUT2D eigenvalue weighted by molar-refractivity contribution is 5.56. The molecule has 84 valence electrons. The van der Waals surface area contributed by atoms with Crippen LogP contribution >= 0.6 is 0 Å². The van der Waals surface area contributed by atoms with Crippen molar-refractivity contribution >= 4 is 5.69 Å². The molecule has 1 aliphatic heterocycles. The molecular formula is C14H18N2. The zero-order valence-electron chi connectivity index (χ0n) is 9.52. The van der Waals surface area contributed by atoms with Crippen LogP contribution in [0.2, 0.25) is 0 Å². The van der Waals surface area contributed by atoms with E-state index in [1.165, 1.54) is 11.3 Å². The Morgan fingerprint density at radius 2 is 2.25 bits per heavy atom. The van der Waals surface area contributed by atoms with Crippen molar-refractivity contribution in [3.05, 3.63) is 29.8 Å². The summed E-state index contributed by atoms with van der Waals surface area (Å²) in [7, 11) is 0. The normalized spacial score (nSPS) is 19.0. The molecule has 0 saturated carbocycles. The second kappa shape index (κ2) is 5.05. The van der Waals surface area contributed by atoms with Gasteiger partial charge in [0.2, 0.25) is 0 Å². The van der Waals surface area contributed by atoms with Gasteiger partial charge in [0.25, 0.3) is 0 Å². The summed E-state index contributed by atoms with van der Waals surface area (Å²) in [5.74, 6) is 2.68. The van der Waals surface area contributed by atoms with Gasteiger partial charge in [-0.2, -0.15) is 0 Å². The number of fused-ring (bicyclic) bond motifs is 1. The molecule has 1 atom stereocenters. The number of nitrogens with two attached hydrogens (primary N) is 1. The van der Waals surface area contributed by atoms with Crippen molar-refractivity contribution < 1.29 is 0 Å². The third kappa shape index (κ3) is 2.37. The van der Waals surface area contributed by atoms with Gasteiger partial charge in [-0.25, -0.2) is 0 Å². The van der Waals surface area contributed by atoms with Crippen molar-refractivity contribution in [2.24, 2.45) is 5.73 Å². The number of unbranched alkanes of at least 4 members (excludes halogenated alkanes) is 1. The minimum atomic E-state index is 0.251. The smallest absolute Gasteiger partial charge is 0.0399 e. The van der Waals surface area contributed by atoms with Crippen LogP contribution in [0, 0.1) is 12.3 Å². The Morgan fingerprint density at radius 1 is 1.44 bits per heavy atom. The maximum absolute atomic E-state index is 6.06. The molecule has 2 heteroatoms. The highest BCUT2D eigenvalue weighted by Gasteiger charge is 2.20. The highest BCUT2D eigenvalue weighted by Crippen LogP contribution is 2.26. The molecule has 1 heterocycles. The summed E-state index contributed by atoms with van der Waals surface area (Å²) in [5, 5.41) is 0. The molecule has 16 heavy (non-hydrogen) atoms. The summed E-state index contributed by atoms with van der Waals surface area (Å²) in [6, 6.07) is 8.76. The third-order valence-corrected chi connectivity index (χ3v) is 3.02. The Balaban J connectivity index is 2.11. The fraction of sp³-hybridized carbons (Fsp3) is 0.429. The van der Waals surface area contributed by atoms with Gasteiger partial charge < -0.3 is 10.6 Å². The lowest BCUT2D eigenvalue weighted by Crippen LogP contribution is -2.43. The van der Waals surface area contributed by atoms with Crippen LogP contribution in [0.15, 0.2) is 24.3 Å². The van der Waals surface area contributed by atoms with Crippen molar-refractivity contribution in [3.63, 3.8) is 0 Å². The van der Waals surface area contributed by atoms with E-state index in [1.807, 2.05) is 0 Å². The Morgan fingerprint density at radius 3 is 3.06 bits per heavy atom. The van der Waals surface area contributed by atoms with Crippen LogP contribution in [0.1, 0.15) is 18.4 Å². The number of hydrogen-bond acceptors (Lipinski definition) is 2. The number of rotatable bonds is 3. The summed E-state index contributed by atoms with van der Waals surface area (Å²) < 4.78 is 0. The van der Waals surface area contributed by atoms with Gasteiger partial charge in [0.15, 0.2) is 0 Å². The summed E-state index contributed by atoms with van der Waals surface area (Å²) >= 11 is 0. The van der Waals surface area contributed by atoms with Gasteiger partial charge in [-0.05, 0) is 24.5 Å². The van der Waals surface area contributed by atoms with E-state index in [4.69, 9.17) is 12.2 Å². The van der Waals surface area contributed by atoms with Gasteiger partial charge in [-0.3, -0.25) is 0 Å². The van der Waals surface area contributed by atoms with Crippen molar-refractivity contribution in [1.29, 1.82) is 0 Å². The molecule has 2 nitrogen and oxygen atoms in total. The van der Waals surface area contributed by atoms with Gasteiger partial charge in [0.1, 0.15) is 0 Å². The Labute approximate surface area is 97.4 Å². The molecule has 0 bridgehead atoms. The second-order valence-electron chi connectivity index (χ2n) is 4.35. The van der Waals surface area contributed by atoms with E-state index >= 15 is 0 Å². The molecule has 1 aromatic rings. The molecule has 0 aliphatic carbocycles. The van der Waals surface area contributed by atoms with E-state index in [-0.39, 0.29) is 6.04 Å². The van der Waals surface area contributed by atoms with Gasteiger partial charge in [0.05, 0.1) is 0 Å². The molecule has 0 amide bonds. The number of nitrogens with zero attached hydrogens (tertiary/aromatic N) is 1. The maximum atomic E-state index is 6.06. The fourth-order valence-electron chi connectivity index (χ4n) is 2.30. The van der Waals surface area contributed by atoms with E-state index in [9.17, 15) is 0 Å². The van der Waals surface area contributed by atoms with Gasteiger partial charge in [0, 0.05) is 31.2 Å². The molecule has 0 fully saturated rings. The SMILES string of the molecule is C#CCCCN1CC(N)Cc2ccccc21. The number of para-hydroxylation sites is 1. The first kappa shape index (κ1) is 11.0. The van der Waals surface area contributed by atoms with Crippen molar-refractivity contribution in [2.75, 3.05) is 18.0 Å². The first-order valence-electron chi connectivity index (χ1n) is 5.83. The molecule has 2 rings (SSSR count). The minimum absolute atomic E-state index is 0.251. The Bertz CT molecular complexity index is 392. The summed E-state index contributed by atoms with van der Waals surface area (Å²) in [6.45, 7) is 1.95. The van der Waals surface area contributed by atoms with Crippen LogP contribution in [0.3, 0.4) is 0 Å². The lowest BCUT2D eigenvalue weighted by molar-refractivity contribution is 0.592. The van der Waals surface area contributed by atoms with Crippen molar-refractivity contribution in [3.8, 4) is 12.3 Å². The Kier molecular flexibility index (Phi) is 3.48. The monoisotopic (exact) mass is 214 g/mol. The van der Waals surface area contributed by atoms with Crippen LogP contribution in [0.4, 0.5) is 5.69 Å². The van der Waals surface area contributed by atoms with Crippen LogP contribution in [-0.4, -0.2) is 19.1 Å². The molecule has 0 spiro atoms. The fourth-order valence-corrected chi connectivity index (χ4v) is 2.30. The van der Waals surface area contributed by atoms with Crippen LogP contribution in [0.5, 0.6) is 0 Å². The van der Waals surface area contributed by atoms with E-state index in [0.717, 1.165) is 32.4 Å². The first-order valence-corrected chi connectivity index (χ1v) is 5.83. The molecule has 0 radical (unpaired) electrons. The molecule has 0 aromatic heterocycles. The Hall–Kier alpha value is -1.46. The van der Waals surface area contributed by atoms with E-state index < -0.39 is 0 Å². The average Bonchev–Trinajstić information content (AvgIpc) is 2.29. The predicted octanol–water partition coefficient (Wildman–Crippen LogP) is 1.79. The quantitative estimate of drug-likeness (QED) is 0.614. The summed E-state index contributed by atoms with van der Waals surface area (Å²) in [4.78, 5) is 2.36. The van der Waals surface area contributed by atoms with Gasteiger partial charge in [-0.15, -0.1) is 12.3 Å². The molecule has 1 unspecified atom stereocenters. The number of hydrogen-bond donors (Lipinski definition) is 1. The maximum Gasteiger partial charge on any atom is 0.0399 e. The molecule has 2 N–H and O–H groups in total. The van der Waals surface area contributed by atoms with E-state index in [0.29, 0.717) is 0 Å². The first-order chi connectivity index (χ1) is 7.81. The van der Waals surface area contributed by atoms with Crippen LogP contribution in [-0.2, 0) is 6.42 Å². The third-order valence-electron chi connectivity index (χ3n) is 3.02. The zero-order valence-corrected chi connectivity index (χ0v) is 9.52. The number of terminal acetylenes is 1. The number of benzene rings is 1. The van der Waals surface area contributed by atoms with Gasteiger partial charge in [-0.1, -0.05) is 18.2 Å². The molecule has 1 aromatic carbocycles. The summed E-state index contributed by atoms with van der Waals surface area (Å²) in [6.07, 6.45) is 8.14. The molecule has 0 saturated heterocycles. The van der Waals surface area contributed by atoms with Crippen molar-refractivity contribution in [1.82, 2.24) is 0 Å². The van der Waals surface area contributed by atoms with Gasteiger partial charge >= 0.3 is 0 Å². The highest BCUT2D eigenvalue weighted by atomic mass is 15.1. The topological polar surface area (TPSA) is 29.3 Å². The molecular weight excluding hydrogens is 196 g/mol. The molecule has 1 aliphatic rings. The largest absolute Gasteiger partial charge is 0.370 e. The number of anilines is 1. The average molecular weight is 214 g/mol. The predicted molar refractivity (Wildman–Crippen MR) is 68.4 cm³/mol. The van der Waals surface area contributed by atoms with E-state index in [1.54, 1.807) is 0 Å². The zero-order chi connectivity index (χ0) is 11.4. The lowest BCUT2D eigenvalue weighted by atomic mass is 9.98. The standard InChI is InChI=1S/C14H18N2/c1-2-3-6-9-16-11-13(15)10-12-7-4-5-8-14(12)16/h1,4-5,7-8,13H,3,6,9-11,15H2.